The first-order valence-electron chi connectivity index (χ1n) is 3.34. The first kappa shape index (κ1) is 8.08. The molecule has 1 rings (SSSR count). The number of rotatable bonds is 1. The molecule has 0 bridgehead atoms. The van der Waals surface area contributed by atoms with Crippen LogP contribution < -0.4 is 0 Å². The van der Waals surface area contributed by atoms with E-state index < -0.39 is 8.24 Å². The molecule has 1 nitrogen and oxygen atoms in total. The summed E-state index contributed by atoms with van der Waals surface area (Å²) >= 11 is 3.43. The topological polar surface area (TPSA) is 4.93 Å². The van der Waals surface area contributed by atoms with Gasteiger partial charge in [-0.3, -0.25) is 0 Å². The second kappa shape index (κ2) is 2.55. The molecule has 1 aromatic heterocycles. The second-order valence-electron chi connectivity index (χ2n) is 3.41. The summed E-state index contributed by atoms with van der Waals surface area (Å²) in [7, 11) is -1.13. The Hall–Kier alpha value is -0.0231. The number of aromatic nitrogens is 1. The van der Waals surface area contributed by atoms with Crippen LogP contribution in [0, 0.1) is 0 Å². The van der Waals surface area contributed by atoms with Crippen LogP contribution in [0.1, 0.15) is 0 Å². The van der Waals surface area contributed by atoms with Crippen LogP contribution in [0.15, 0.2) is 22.9 Å². The summed E-state index contributed by atoms with van der Waals surface area (Å²) in [6.07, 6.45) is 4.28. The maximum Gasteiger partial charge on any atom is 0.152 e. The molecule has 0 saturated heterocycles. The minimum absolute atomic E-state index is 1.13. The molecule has 0 aliphatic heterocycles. The third-order valence-corrected chi connectivity index (χ3v) is 3.73. The predicted octanol–water partition coefficient (Wildman–Crippen LogP) is 2.93. The fourth-order valence-corrected chi connectivity index (χ4v) is 2.36. The normalized spacial score (nSPS) is 12.0. The summed E-state index contributed by atoms with van der Waals surface area (Å²) in [5.74, 6) is 0. The SMILES string of the molecule is C[Si](C)(C)n1ccc(Br)c1. The average Bonchev–Trinajstić information content (AvgIpc) is 2.11. The Labute approximate surface area is 71.3 Å². The molecule has 0 N–H and O–H groups in total. The largest absolute Gasteiger partial charge is 0.380 e. The van der Waals surface area contributed by atoms with Crippen LogP contribution in [-0.2, 0) is 0 Å². The van der Waals surface area contributed by atoms with Gasteiger partial charge in [0.2, 0.25) is 0 Å². The zero-order chi connectivity index (χ0) is 7.78. The van der Waals surface area contributed by atoms with E-state index in [4.69, 9.17) is 0 Å². The Balaban J connectivity index is 2.96. The van der Waals surface area contributed by atoms with E-state index in [2.05, 4.69) is 58.3 Å². The molecule has 0 atom stereocenters. The van der Waals surface area contributed by atoms with Gasteiger partial charge in [0.05, 0.1) is 0 Å². The van der Waals surface area contributed by atoms with Crippen molar-refractivity contribution in [3.05, 3.63) is 22.9 Å². The van der Waals surface area contributed by atoms with Crippen molar-refractivity contribution in [1.29, 1.82) is 0 Å². The molecule has 0 saturated carbocycles. The third kappa shape index (κ3) is 1.73. The first-order valence-corrected chi connectivity index (χ1v) is 7.58. The van der Waals surface area contributed by atoms with Crippen molar-refractivity contribution in [2.24, 2.45) is 0 Å². The van der Waals surface area contributed by atoms with E-state index in [-0.39, 0.29) is 0 Å². The maximum absolute atomic E-state index is 3.43. The second-order valence-corrected chi connectivity index (χ2v) is 9.18. The van der Waals surface area contributed by atoms with Gasteiger partial charge in [-0.2, -0.15) is 0 Å². The van der Waals surface area contributed by atoms with E-state index in [0.29, 0.717) is 0 Å². The van der Waals surface area contributed by atoms with Crippen LogP contribution in [0.4, 0.5) is 0 Å². The van der Waals surface area contributed by atoms with Gasteiger partial charge in [-0.1, -0.05) is 19.6 Å². The van der Waals surface area contributed by atoms with Gasteiger partial charge in [0, 0.05) is 10.7 Å². The quantitative estimate of drug-likeness (QED) is 0.638. The molecule has 0 unspecified atom stereocenters. The van der Waals surface area contributed by atoms with Gasteiger partial charge in [0.15, 0.2) is 8.24 Å². The summed E-state index contributed by atoms with van der Waals surface area (Å²) in [6.45, 7) is 6.96. The lowest BCUT2D eigenvalue weighted by atomic mass is 10.7. The van der Waals surface area contributed by atoms with Crippen LogP contribution in [0.2, 0.25) is 19.6 Å². The van der Waals surface area contributed by atoms with E-state index in [1.165, 1.54) is 4.47 Å². The molecule has 0 spiro atoms. The van der Waals surface area contributed by atoms with Crippen LogP contribution >= 0.6 is 15.9 Å². The highest BCUT2D eigenvalue weighted by Gasteiger charge is 2.14. The van der Waals surface area contributed by atoms with E-state index in [9.17, 15) is 0 Å². The van der Waals surface area contributed by atoms with E-state index in [1.807, 2.05) is 0 Å². The Morgan fingerprint density at radius 2 is 2.00 bits per heavy atom. The van der Waals surface area contributed by atoms with Crippen LogP contribution in [0.5, 0.6) is 0 Å². The summed E-state index contributed by atoms with van der Waals surface area (Å²) in [5.41, 5.74) is 0. The van der Waals surface area contributed by atoms with Gasteiger partial charge in [0.1, 0.15) is 0 Å². The molecule has 0 aromatic carbocycles. The molecule has 0 aliphatic carbocycles. The van der Waals surface area contributed by atoms with Gasteiger partial charge in [-0.15, -0.1) is 0 Å². The minimum atomic E-state index is -1.13. The molecule has 0 amide bonds. The molecule has 56 valence electrons. The van der Waals surface area contributed by atoms with Gasteiger partial charge >= 0.3 is 0 Å². The average molecular weight is 218 g/mol. The fourth-order valence-electron chi connectivity index (χ4n) is 0.788. The van der Waals surface area contributed by atoms with Crippen molar-refractivity contribution >= 4 is 24.2 Å². The van der Waals surface area contributed by atoms with Crippen molar-refractivity contribution in [3.8, 4) is 0 Å². The Morgan fingerprint density at radius 1 is 1.40 bits per heavy atom. The van der Waals surface area contributed by atoms with E-state index >= 15 is 0 Å². The summed E-state index contributed by atoms with van der Waals surface area (Å²) < 4.78 is 3.49. The maximum atomic E-state index is 3.43. The predicted molar refractivity (Wildman–Crippen MR) is 50.9 cm³/mol. The first-order chi connectivity index (χ1) is 4.50. The smallest absolute Gasteiger partial charge is 0.152 e. The zero-order valence-corrected chi connectivity index (χ0v) is 9.14. The van der Waals surface area contributed by atoms with Crippen LogP contribution in [-0.4, -0.2) is 12.5 Å². The summed E-state index contributed by atoms with van der Waals surface area (Å²) in [6, 6.07) is 2.08. The highest BCUT2D eigenvalue weighted by atomic mass is 79.9. The lowest BCUT2D eigenvalue weighted by Crippen LogP contribution is -2.30. The Bertz CT molecular complexity index is 224. The molecule has 0 fully saturated rings. The third-order valence-electron chi connectivity index (χ3n) is 1.43. The van der Waals surface area contributed by atoms with Crippen molar-refractivity contribution < 1.29 is 0 Å². The molecule has 1 aromatic rings. The van der Waals surface area contributed by atoms with Crippen molar-refractivity contribution in [1.82, 2.24) is 4.23 Å². The molecule has 3 heteroatoms. The number of hydrogen-bond acceptors (Lipinski definition) is 0. The number of hydrogen-bond donors (Lipinski definition) is 0. The molecule has 0 aliphatic rings. The van der Waals surface area contributed by atoms with Gasteiger partial charge in [-0.25, -0.2) is 0 Å². The molecule has 10 heavy (non-hydrogen) atoms. The monoisotopic (exact) mass is 217 g/mol. The molecular weight excluding hydrogens is 206 g/mol. The zero-order valence-electron chi connectivity index (χ0n) is 6.56. The number of halogens is 1. The lowest BCUT2D eigenvalue weighted by Gasteiger charge is -2.17. The molecular formula is C7H12BrNSi. The highest BCUT2D eigenvalue weighted by molar-refractivity contribution is 9.10. The van der Waals surface area contributed by atoms with Crippen molar-refractivity contribution in [2.75, 3.05) is 0 Å². The highest BCUT2D eigenvalue weighted by Crippen LogP contribution is 2.13. The Kier molecular flexibility index (Phi) is 2.06. The Morgan fingerprint density at radius 3 is 2.20 bits per heavy atom. The number of nitrogens with zero attached hydrogens (tertiary/aromatic N) is 1. The van der Waals surface area contributed by atoms with Crippen LogP contribution in [0.25, 0.3) is 0 Å². The standard InChI is InChI=1S/C7H12BrNSi/c1-10(2,3)9-5-4-7(8)6-9/h4-6H,1-3H3. The fraction of sp³-hybridized carbons (Fsp3) is 0.429. The van der Waals surface area contributed by atoms with Gasteiger partial charge in [-0.05, 0) is 28.2 Å². The van der Waals surface area contributed by atoms with Gasteiger partial charge < -0.3 is 4.23 Å². The molecule has 1 heterocycles. The van der Waals surface area contributed by atoms with Crippen molar-refractivity contribution in [3.63, 3.8) is 0 Å². The van der Waals surface area contributed by atoms with Gasteiger partial charge in [0.25, 0.3) is 0 Å². The summed E-state index contributed by atoms with van der Waals surface area (Å²) in [4.78, 5) is 0. The van der Waals surface area contributed by atoms with Crippen LogP contribution in [0.3, 0.4) is 0 Å². The summed E-state index contributed by atoms with van der Waals surface area (Å²) in [5, 5.41) is 0. The van der Waals surface area contributed by atoms with E-state index in [0.717, 1.165) is 0 Å². The minimum Gasteiger partial charge on any atom is -0.380 e. The lowest BCUT2D eigenvalue weighted by molar-refractivity contribution is 1.15. The van der Waals surface area contributed by atoms with E-state index in [1.54, 1.807) is 0 Å². The van der Waals surface area contributed by atoms with Crippen molar-refractivity contribution in [2.45, 2.75) is 19.6 Å². The molecule has 0 radical (unpaired) electrons.